The molecule has 0 aliphatic carbocycles. The predicted octanol–water partition coefficient (Wildman–Crippen LogP) is 1.95. The zero-order chi connectivity index (χ0) is 12.1. The van der Waals surface area contributed by atoms with Gasteiger partial charge in [0.1, 0.15) is 0 Å². The van der Waals surface area contributed by atoms with Crippen LogP contribution in [0, 0.1) is 0 Å². The van der Waals surface area contributed by atoms with Gasteiger partial charge in [-0.3, -0.25) is 4.68 Å². The summed E-state index contributed by atoms with van der Waals surface area (Å²) >= 11 is 0. The SMILES string of the molecule is CCCn1nccc1CNC(C)C1CCCO1. The number of rotatable bonds is 6. The Labute approximate surface area is 103 Å². The Balaban J connectivity index is 1.81. The van der Waals surface area contributed by atoms with Crippen LogP contribution in [0.5, 0.6) is 0 Å². The smallest absolute Gasteiger partial charge is 0.0726 e. The van der Waals surface area contributed by atoms with Gasteiger partial charge < -0.3 is 10.1 Å². The van der Waals surface area contributed by atoms with E-state index >= 15 is 0 Å². The second-order valence-electron chi connectivity index (χ2n) is 4.77. The lowest BCUT2D eigenvalue weighted by molar-refractivity contribution is 0.0829. The molecule has 0 bridgehead atoms. The van der Waals surface area contributed by atoms with Crippen molar-refractivity contribution < 1.29 is 4.74 Å². The number of aromatic nitrogens is 2. The lowest BCUT2D eigenvalue weighted by atomic mass is 10.1. The summed E-state index contributed by atoms with van der Waals surface area (Å²) in [6, 6.07) is 2.51. The third-order valence-corrected chi connectivity index (χ3v) is 3.37. The second-order valence-corrected chi connectivity index (χ2v) is 4.77. The Bertz CT molecular complexity index is 331. The fraction of sp³-hybridized carbons (Fsp3) is 0.769. The van der Waals surface area contributed by atoms with Gasteiger partial charge in [-0.25, -0.2) is 0 Å². The lowest BCUT2D eigenvalue weighted by Gasteiger charge is -2.20. The Kier molecular flexibility index (Phi) is 4.57. The van der Waals surface area contributed by atoms with Crippen LogP contribution in [0.2, 0.25) is 0 Å². The molecule has 1 saturated heterocycles. The van der Waals surface area contributed by atoms with Crippen molar-refractivity contribution in [1.82, 2.24) is 15.1 Å². The minimum absolute atomic E-state index is 0.387. The molecule has 1 aliphatic rings. The van der Waals surface area contributed by atoms with Crippen LogP contribution >= 0.6 is 0 Å². The van der Waals surface area contributed by atoms with E-state index in [1.54, 1.807) is 0 Å². The molecule has 2 unspecified atom stereocenters. The highest BCUT2D eigenvalue weighted by atomic mass is 16.5. The van der Waals surface area contributed by atoms with Crippen LogP contribution in [0.4, 0.5) is 0 Å². The highest BCUT2D eigenvalue weighted by molar-refractivity contribution is 5.00. The molecule has 2 heterocycles. The molecule has 0 aromatic carbocycles. The number of aryl methyl sites for hydroxylation is 1. The molecule has 1 fully saturated rings. The Morgan fingerprint density at radius 3 is 3.24 bits per heavy atom. The van der Waals surface area contributed by atoms with Crippen LogP contribution in [0.15, 0.2) is 12.3 Å². The van der Waals surface area contributed by atoms with Crippen molar-refractivity contribution >= 4 is 0 Å². The van der Waals surface area contributed by atoms with Gasteiger partial charge in [0, 0.05) is 31.9 Å². The standard InChI is InChI=1S/C13H23N3O/c1-3-8-16-12(6-7-15-16)10-14-11(2)13-5-4-9-17-13/h6-7,11,13-14H,3-5,8-10H2,1-2H3. The maximum absolute atomic E-state index is 5.68. The van der Waals surface area contributed by atoms with Gasteiger partial charge in [-0.15, -0.1) is 0 Å². The average Bonchev–Trinajstić information content (AvgIpc) is 2.97. The van der Waals surface area contributed by atoms with Crippen LogP contribution < -0.4 is 5.32 Å². The molecule has 1 N–H and O–H groups in total. The molecule has 0 radical (unpaired) electrons. The molecule has 0 spiro atoms. The first kappa shape index (κ1) is 12.6. The summed E-state index contributed by atoms with van der Waals surface area (Å²) in [6.07, 6.45) is 5.77. The van der Waals surface area contributed by atoms with E-state index in [0.29, 0.717) is 12.1 Å². The van der Waals surface area contributed by atoms with Crippen LogP contribution in [-0.4, -0.2) is 28.5 Å². The van der Waals surface area contributed by atoms with Crippen LogP contribution in [0.1, 0.15) is 38.8 Å². The minimum Gasteiger partial charge on any atom is -0.377 e. The minimum atomic E-state index is 0.387. The summed E-state index contributed by atoms with van der Waals surface area (Å²) < 4.78 is 7.76. The Morgan fingerprint density at radius 2 is 2.53 bits per heavy atom. The van der Waals surface area contributed by atoms with Gasteiger partial charge in [0.2, 0.25) is 0 Å². The van der Waals surface area contributed by atoms with E-state index in [9.17, 15) is 0 Å². The van der Waals surface area contributed by atoms with Crippen molar-refractivity contribution in [2.45, 2.75) is 58.3 Å². The van der Waals surface area contributed by atoms with Crippen molar-refractivity contribution in [3.8, 4) is 0 Å². The second kappa shape index (κ2) is 6.17. The molecule has 2 atom stereocenters. The Hall–Kier alpha value is -0.870. The zero-order valence-corrected chi connectivity index (χ0v) is 10.9. The van der Waals surface area contributed by atoms with Crippen LogP contribution in [0.3, 0.4) is 0 Å². The monoisotopic (exact) mass is 237 g/mol. The average molecular weight is 237 g/mol. The van der Waals surface area contributed by atoms with Crippen molar-refractivity contribution in [3.63, 3.8) is 0 Å². The van der Waals surface area contributed by atoms with E-state index in [2.05, 4.69) is 35.0 Å². The van der Waals surface area contributed by atoms with Crippen molar-refractivity contribution in [3.05, 3.63) is 18.0 Å². The normalized spacial score (nSPS) is 21.9. The molecule has 0 saturated carbocycles. The van der Waals surface area contributed by atoms with Gasteiger partial charge in [0.15, 0.2) is 0 Å². The summed E-state index contributed by atoms with van der Waals surface area (Å²) in [5, 5.41) is 7.87. The van der Waals surface area contributed by atoms with Crippen LogP contribution in [0.25, 0.3) is 0 Å². The van der Waals surface area contributed by atoms with Gasteiger partial charge in [-0.05, 0) is 32.3 Å². The first-order chi connectivity index (χ1) is 8.31. The summed E-state index contributed by atoms with van der Waals surface area (Å²) in [7, 11) is 0. The number of hydrogen-bond acceptors (Lipinski definition) is 3. The number of nitrogens with zero attached hydrogens (tertiary/aromatic N) is 2. The van der Waals surface area contributed by atoms with Gasteiger partial charge >= 0.3 is 0 Å². The van der Waals surface area contributed by atoms with Gasteiger partial charge in [-0.2, -0.15) is 5.10 Å². The number of hydrogen-bond donors (Lipinski definition) is 1. The highest BCUT2D eigenvalue weighted by Gasteiger charge is 2.21. The molecule has 1 aromatic rings. The maximum Gasteiger partial charge on any atom is 0.0726 e. The largest absolute Gasteiger partial charge is 0.377 e. The molecule has 96 valence electrons. The van der Waals surface area contributed by atoms with Crippen LogP contribution in [-0.2, 0) is 17.8 Å². The van der Waals surface area contributed by atoms with E-state index in [1.807, 2.05) is 6.20 Å². The first-order valence-corrected chi connectivity index (χ1v) is 6.67. The summed E-state index contributed by atoms with van der Waals surface area (Å²) in [5.41, 5.74) is 1.26. The maximum atomic E-state index is 5.68. The van der Waals surface area contributed by atoms with Crippen molar-refractivity contribution in [1.29, 1.82) is 0 Å². The highest BCUT2D eigenvalue weighted by Crippen LogP contribution is 2.15. The third-order valence-electron chi connectivity index (χ3n) is 3.37. The zero-order valence-electron chi connectivity index (χ0n) is 10.9. The molecule has 4 heteroatoms. The summed E-state index contributed by atoms with van der Waals surface area (Å²) in [5.74, 6) is 0. The lowest BCUT2D eigenvalue weighted by Crippen LogP contribution is -2.36. The molecule has 1 aromatic heterocycles. The van der Waals surface area contributed by atoms with E-state index in [-0.39, 0.29) is 0 Å². The molecule has 1 aliphatic heterocycles. The first-order valence-electron chi connectivity index (χ1n) is 6.67. The molecule has 0 amide bonds. The van der Waals surface area contributed by atoms with E-state index in [1.165, 1.54) is 18.5 Å². The summed E-state index contributed by atoms with van der Waals surface area (Å²) in [4.78, 5) is 0. The van der Waals surface area contributed by atoms with Crippen molar-refractivity contribution in [2.75, 3.05) is 6.61 Å². The number of nitrogens with one attached hydrogen (secondary N) is 1. The molecular formula is C13H23N3O. The van der Waals surface area contributed by atoms with E-state index in [4.69, 9.17) is 4.74 Å². The van der Waals surface area contributed by atoms with Crippen molar-refractivity contribution in [2.24, 2.45) is 0 Å². The van der Waals surface area contributed by atoms with E-state index in [0.717, 1.165) is 26.1 Å². The quantitative estimate of drug-likeness (QED) is 0.822. The third kappa shape index (κ3) is 3.30. The van der Waals surface area contributed by atoms with Gasteiger partial charge in [0.25, 0.3) is 0 Å². The fourth-order valence-corrected chi connectivity index (χ4v) is 2.32. The Morgan fingerprint density at radius 1 is 1.65 bits per heavy atom. The molecule has 17 heavy (non-hydrogen) atoms. The fourth-order valence-electron chi connectivity index (χ4n) is 2.32. The van der Waals surface area contributed by atoms with Gasteiger partial charge in [-0.1, -0.05) is 6.92 Å². The summed E-state index contributed by atoms with van der Waals surface area (Å²) in [6.45, 7) is 7.17. The van der Waals surface area contributed by atoms with Gasteiger partial charge in [0.05, 0.1) is 11.8 Å². The molecule has 2 rings (SSSR count). The topological polar surface area (TPSA) is 39.1 Å². The van der Waals surface area contributed by atoms with E-state index < -0.39 is 0 Å². The molecule has 4 nitrogen and oxygen atoms in total. The molecular weight excluding hydrogens is 214 g/mol. The number of ether oxygens (including phenoxy) is 1. The predicted molar refractivity (Wildman–Crippen MR) is 67.8 cm³/mol.